The maximum absolute atomic E-state index is 12.2. The normalized spacial score (nSPS) is 15.0. The number of nitrogens with zero attached hydrogens (tertiary/aromatic N) is 4. The van der Waals surface area contributed by atoms with Crippen LogP contribution in [0.3, 0.4) is 0 Å². The Morgan fingerprint density at radius 3 is 2.73 bits per heavy atom. The number of carbonyl (C=O) groups is 2. The number of hydrogen-bond acceptors (Lipinski definition) is 8. The second kappa shape index (κ2) is 10.7. The van der Waals surface area contributed by atoms with E-state index in [0.29, 0.717) is 18.0 Å². The van der Waals surface area contributed by atoms with Crippen LogP contribution in [0.2, 0.25) is 0 Å². The summed E-state index contributed by atoms with van der Waals surface area (Å²) < 4.78 is 10.7. The van der Waals surface area contributed by atoms with Gasteiger partial charge in [0.1, 0.15) is 5.75 Å². The first kappa shape index (κ1) is 21.7. The van der Waals surface area contributed by atoms with E-state index in [1.165, 1.54) is 6.92 Å². The molecule has 2 N–H and O–H groups in total. The van der Waals surface area contributed by atoms with Gasteiger partial charge in [-0.15, -0.1) is 0 Å². The lowest BCUT2D eigenvalue weighted by Gasteiger charge is -2.32. The van der Waals surface area contributed by atoms with E-state index >= 15 is 0 Å². The van der Waals surface area contributed by atoms with Crippen molar-refractivity contribution in [2.24, 2.45) is 0 Å². The van der Waals surface area contributed by atoms with Gasteiger partial charge in [-0.25, -0.2) is 0 Å². The topological polar surface area (TPSA) is 113 Å². The van der Waals surface area contributed by atoms with Crippen molar-refractivity contribution in [2.45, 2.75) is 20.0 Å². The van der Waals surface area contributed by atoms with E-state index in [0.717, 1.165) is 39.1 Å². The molecule has 1 aliphatic rings. The number of piperazine rings is 1. The molecule has 3 rings (SSSR count). The van der Waals surface area contributed by atoms with Crippen molar-refractivity contribution in [1.29, 1.82) is 0 Å². The number of rotatable bonds is 9. The number of benzene rings is 1. The van der Waals surface area contributed by atoms with Crippen molar-refractivity contribution >= 4 is 17.5 Å². The maximum atomic E-state index is 12.2. The summed E-state index contributed by atoms with van der Waals surface area (Å²) in [5.41, 5.74) is 0.548. The van der Waals surface area contributed by atoms with Crippen LogP contribution in [0.5, 0.6) is 5.75 Å². The fraction of sp³-hybridized carbons (Fsp3) is 0.500. The van der Waals surface area contributed by atoms with Crippen LogP contribution in [0, 0.1) is 0 Å². The monoisotopic (exact) mass is 416 g/mol. The zero-order valence-corrected chi connectivity index (χ0v) is 17.4. The third-order valence-electron chi connectivity index (χ3n) is 4.75. The number of amides is 2. The quantitative estimate of drug-likeness (QED) is 0.582. The zero-order chi connectivity index (χ0) is 21.3. The highest BCUT2D eigenvalue weighted by atomic mass is 16.5. The fourth-order valence-corrected chi connectivity index (χ4v) is 3.08. The van der Waals surface area contributed by atoms with E-state index in [4.69, 9.17) is 9.26 Å². The number of likely N-dealkylation sites (N-methyl/N-ethyl adjacent to an activating group) is 1. The lowest BCUT2D eigenvalue weighted by atomic mass is 10.3. The minimum atomic E-state index is -0.397. The van der Waals surface area contributed by atoms with Crippen molar-refractivity contribution in [3.05, 3.63) is 36.0 Å². The molecule has 1 aliphatic heterocycles. The highest BCUT2D eigenvalue weighted by Gasteiger charge is 2.17. The Kier molecular flexibility index (Phi) is 7.75. The molecule has 10 nitrogen and oxygen atoms in total. The number of para-hydroxylation sites is 2. The van der Waals surface area contributed by atoms with Gasteiger partial charge in [0.05, 0.1) is 5.69 Å². The highest BCUT2D eigenvalue weighted by Crippen LogP contribution is 2.24. The predicted octanol–water partition coefficient (Wildman–Crippen LogP) is 0.974. The molecule has 1 saturated heterocycles. The van der Waals surface area contributed by atoms with Crippen LogP contribution in [0.15, 0.2) is 28.8 Å². The number of anilines is 1. The molecule has 2 amide bonds. The van der Waals surface area contributed by atoms with Crippen LogP contribution in [-0.2, 0) is 11.4 Å². The number of hydrogen-bond donors (Lipinski definition) is 2. The average Bonchev–Trinajstić information content (AvgIpc) is 3.20. The Bertz CT molecular complexity index is 847. The second-order valence-corrected chi connectivity index (χ2v) is 7.24. The van der Waals surface area contributed by atoms with Crippen molar-refractivity contribution in [3.8, 4) is 5.75 Å². The van der Waals surface area contributed by atoms with Crippen molar-refractivity contribution in [2.75, 3.05) is 51.6 Å². The van der Waals surface area contributed by atoms with Gasteiger partial charge in [0.15, 0.2) is 6.61 Å². The van der Waals surface area contributed by atoms with Crippen LogP contribution < -0.4 is 15.4 Å². The molecule has 0 atom stereocenters. The van der Waals surface area contributed by atoms with Gasteiger partial charge in [-0.3, -0.25) is 9.59 Å². The Morgan fingerprint density at radius 1 is 1.20 bits per heavy atom. The van der Waals surface area contributed by atoms with Crippen LogP contribution in [0.4, 0.5) is 5.69 Å². The molecule has 30 heavy (non-hydrogen) atoms. The Labute approximate surface area is 175 Å². The first-order chi connectivity index (χ1) is 14.5. The summed E-state index contributed by atoms with van der Waals surface area (Å²) in [5.74, 6) is 0.0360. The minimum absolute atomic E-state index is 0.0107. The molecular formula is C20H28N6O4. The van der Waals surface area contributed by atoms with Gasteiger partial charge in [-0.05, 0) is 32.1 Å². The van der Waals surface area contributed by atoms with Gasteiger partial charge in [0, 0.05) is 39.6 Å². The van der Waals surface area contributed by atoms with Gasteiger partial charge in [0.25, 0.3) is 0 Å². The van der Waals surface area contributed by atoms with Gasteiger partial charge < -0.3 is 29.7 Å². The molecule has 10 heteroatoms. The lowest BCUT2D eigenvalue weighted by Crippen LogP contribution is -2.45. The van der Waals surface area contributed by atoms with E-state index in [1.54, 1.807) is 24.3 Å². The molecule has 1 aromatic heterocycles. The Morgan fingerprint density at radius 2 is 1.97 bits per heavy atom. The van der Waals surface area contributed by atoms with Crippen molar-refractivity contribution in [1.82, 2.24) is 25.3 Å². The molecule has 0 aliphatic carbocycles. The van der Waals surface area contributed by atoms with Crippen LogP contribution in [-0.4, -0.2) is 78.1 Å². The lowest BCUT2D eigenvalue weighted by molar-refractivity contribution is -0.114. The first-order valence-corrected chi connectivity index (χ1v) is 10.0. The number of aromatic nitrogens is 2. The van der Waals surface area contributed by atoms with Crippen molar-refractivity contribution < 1.29 is 18.8 Å². The summed E-state index contributed by atoms with van der Waals surface area (Å²) in [5, 5.41) is 9.27. The fourth-order valence-electron chi connectivity index (χ4n) is 3.08. The summed E-state index contributed by atoms with van der Waals surface area (Å²) in [6.07, 6.45) is 0.861. The number of nitrogens with one attached hydrogen (secondary N) is 2. The number of carbonyl (C=O) groups excluding carboxylic acids is 2. The minimum Gasteiger partial charge on any atom is -0.483 e. The molecule has 0 unspecified atom stereocenters. The van der Waals surface area contributed by atoms with E-state index in [9.17, 15) is 9.59 Å². The molecule has 1 aromatic carbocycles. The van der Waals surface area contributed by atoms with Gasteiger partial charge in [-0.2, -0.15) is 4.98 Å². The van der Waals surface area contributed by atoms with Crippen LogP contribution >= 0.6 is 0 Å². The third-order valence-corrected chi connectivity index (χ3v) is 4.75. The summed E-state index contributed by atoms with van der Waals surface area (Å²) in [7, 11) is 2.13. The summed E-state index contributed by atoms with van der Waals surface area (Å²) >= 11 is 0. The molecular weight excluding hydrogens is 388 g/mol. The summed E-state index contributed by atoms with van der Waals surface area (Å²) in [4.78, 5) is 32.2. The largest absolute Gasteiger partial charge is 0.483 e. The second-order valence-electron chi connectivity index (χ2n) is 7.24. The number of ether oxygens (including phenoxy) is 1. The maximum Gasteiger partial charge on any atom is 0.316 e. The van der Waals surface area contributed by atoms with Gasteiger partial charge >= 0.3 is 11.8 Å². The van der Waals surface area contributed by atoms with Gasteiger partial charge in [-0.1, -0.05) is 17.3 Å². The van der Waals surface area contributed by atoms with E-state index < -0.39 is 5.91 Å². The van der Waals surface area contributed by atoms with Crippen LogP contribution in [0.25, 0.3) is 0 Å². The first-order valence-electron chi connectivity index (χ1n) is 10.0. The molecule has 2 heterocycles. The molecule has 0 radical (unpaired) electrons. The smallest absolute Gasteiger partial charge is 0.316 e. The molecule has 0 bridgehead atoms. The van der Waals surface area contributed by atoms with E-state index in [1.807, 2.05) is 0 Å². The molecule has 2 aromatic rings. The van der Waals surface area contributed by atoms with Crippen LogP contribution in [0.1, 0.15) is 29.9 Å². The Hall–Kier alpha value is -2.98. The molecule has 0 spiro atoms. The van der Waals surface area contributed by atoms with Gasteiger partial charge in [0.2, 0.25) is 11.7 Å². The molecule has 0 saturated carbocycles. The average molecular weight is 416 g/mol. The van der Waals surface area contributed by atoms with E-state index in [-0.39, 0.29) is 24.2 Å². The summed E-state index contributed by atoms with van der Waals surface area (Å²) in [6.45, 7) is 7.20. The van der Waals surface area contributed by atoms with Crippen molar-refractivity contribution in [3.63, 3.8) is 0 Å². The Balaban J connectivity index is 1.41. The highest BCUT2D eigenvalue weighted by molar-refractivity contribution is 5.90. The SMILES string of the molecule is CC(=O)Nc1ccccc1OCc1noc(C(=O)NCCCN2CCN(C)CC2)n1. The third kappa shape index (κ3) is 6.53. The summed E-state index contributed by atoms with van der Waals surface area (Å²) in [6, 6.07) is 7.03. The zero-order valence-electron chi connectivity index (χ0n) is 17.4. The predicted molar refractivity (Wildman–Crippen MR) is 110 cm³/mol. The molecule has 162 valence electrons. The molecule has 1 fully saturated rings. The standard InChI is InChI=1S/C20H28N6O4/c1-15(27)22-16-6-3-4-7-17(16)29-14-18-23-20(30-24-18)19(28)21-8-5-9-26-12-10-25(2)11-13-26/h3-4,6-7H,5,8-14H2,1-2H3,(H,21,28)(H,22,27). The van der Waals surface area contributed by atoms with E-state index in [2.05, 4.69) is 37.6 Å².